The highest BCUT2D eigenvalue weighted by atomic mass is 16.5. The molecule has 1 aliphatic heterocycles. The molecule has 0 atom stereocenters. The Hall–Kier alpha value is -3.42. The van der Waals surface area contributed by atoms with Crippen molar-refractivity contribution in [1.29, 1.82) is 0 Å². The molecule has 0 radical (unpaired) electrons. The van der Waals surface area contributed by atoms with E-state index in [1.165, 1.54) is 4.90 Å². The lowest BCUT2D eigenvalue weighted by Crippen LogP contribution is -2.45. The van der Waals surface area contributed by atoms with Crippen LogP contribution in [-0.2, 0) is 12.0 Å². The van der Waals surface area contributed by atoms with Crippen molar-refractivity contribution in [3.63, 3.8) is 0 Å². The number of hydrogen-bond donors (Lipinski definition) is 1. The van der Waals surface area contributed by atoms with Gasteiger partial charge >= 0.3 is 6.09 Å². The fraction of sp³-hybridized carbons (Fsp3) is 0.333. The number of amides is 1. The topological polar surface area (TPSA) is 93.4 Å². The second kappa shape index (κ2) is 7.90. The van der Waals surface area contributed by atoms with Crippen LogP contribution in [0.1, 0.15) is 29.8 Å². The zero-order chi connectivity index (χ0) is 20.3. The molecule has 0 saturated carbocycles. The summed E-state index contributed by atoms with van der Waals surface area (Å²) in [6, 6.07) is 17.8. The predicted molar refractivity (Wildman–Crippen MR) is 106 cm³/mol. The first-order valence-electron chi connectivity index (χ1n) is 9.55. The van der Waals surface area contributed by atoms with Crippen LogP contribution in [0.5, 0.6) is 5.75 Å². The summed E-state index contributed by atoms with van der Waals surface area (Å²) in [5.74, 6) is 1.42. The van der Waals surface area contributed by atoms with Gasteiger partial charge in [0.05, 0.1) is 19.1 Å². The van der Waals surface area contributed by atoms with Crippen molar-refractivity contribution < 1.29 is 14.6 Å². The Balaban J connectivity index is 1.63. The van der Waals surface area contributed by atoms with Crippen molar-refractivity contribution in [3.8, 4) is 5.75 Å². The standard InChI is InChI=1S/C21H23N5O3/c1-29-18-9-5-6-16(14-18)15-26-23-19(22-24-26)21(17-7-3-2-4-8-17)10-12-25(13-11-21)20(27)28/h2-9,14H,10-13,15H2,1H3,(H,27,28). The van der Waals surface area contributed by atoms with E-state index in [2.05, 4.69) is 22.4 Å². The van der Waals surface area contributed by atoms with Crippen molar-refractivity contribution >= 4 is 6.09 Å². The molecule has 1 N–H and O–H groups in total. The van der Waals surface area contributed by atoms with Crippen LogP contribution in [0, 0.1) is 0 Å². The molecule has 1 amide bonds. The largest absolute Gasteiger partial charge is 0.497 e. The smallest absolute Gasteiger partial charge is 0.407 e. The van der Waals surface area contributed by atoms with Crippen LogP contribution in [0.15, 0.2) is 54.6 Å². The number of likely N-dealkylation sites (tertiary alicyclic amines) is 1. The molecule has 1 aliphatic rings. The number of aromatic nitrogens is 4. The molecule has 1 fully saturated rings. The predicted octanol–water partition coefficient (Wildman–Crippen LogP) is 2.79. The fourth-order valence-electron chi connectivity index (χ4n) is 3.91. The molecule has 150 valence electrons. The first kappa shape index (κ1) is 18.9. The highest BCUT2D eigenvalue weighted by Crippen LogP contribution is 2.39. The molecule has 1 aromatic heterocycles. The van der Waals surface area contributed by atoms with E-state index in [1.807, 2.05) is 42.5 Å². The maximum Gasteiger partial charge on any atom is 0.407 e. The second-order valence-electron chi connectivity index (χ2n) is 7.21. The van der Waals surface area contributed by atoms with Crippen LogP contribution < -0.4 is 4.74 Å². The zero-order valence-corrected chi connectivity index (χ0v) is 16.2. The van der Waals surface area contributed by atoms with Gasteiger partial charge in [0.15, 0.2) is 5.82 Å². The number of hydrogen-bond acceptors (Lipinski definition) is 5. The summed E-state index contributed by atoms with van der Waals surface area (Å²) in [6.07, 6.45) is 0.351. The lowest BCUT2D eigenvalue weighted by Gasteiger charge is -2.39. The Bertz CT molecular complexity index is 981. The first-order chi connectivity index (χ1) is 14.1. The van der Waals surface area contributed by atoms with Crippen LogP contribution in [0.3, 0.4) is 0 Å². The number of ether oxygens (including phenoxy) is 1. The van der Waals surface area contributed by atoms with Crippen molar-refractivity contribution in [2.45, 2.75) is 24.8 Å². The van der Waals surface area contributed by atoms with Crippen LogP contribution in [0.4, 0.5) is 4.79 Å². The second-order valence-corrected chi connectivity index (χ2v) is 7.21. The van der Waals surface area contributed by atoms with Crippen LogP contribution in [0.25, 0.3) is 0 Å². The lowest BCUT2D eigenvalue weighted by atomic mass is 9.72. The monoisotopic (exact) mass is 393 g/mol. The normalized spacial score (nSPS) is 15.8. The van der Waals surface area contributed by atoms with Gasteiger partial charge in [0, 0.05) is 13.1 Å². The van der Waals surface area contributed by atoms with Gasteiger partial charge in [-0.1, -0.05) is 42.5 Å². The Kier molecular flexibility index (Phi) is 5.16. The number of methoxy groups -OCH3 is 1. The molecular formula is C21H23N5O3. The third-order valence-electron chi connectivity index (χ3n) is 5.55. The summed E-state index contributed by atoms with van der Waals surface area (Å²) < 4.78 is 5.28. The number of benzene rings is 2. The number of nitrogens with zero attached hydrogens (tertiary/aromatic N) is 5. The van der Waals surface area contributed by atoms with Crippen molar-refractivity contribution in [2.75, 3.05) is 20.2 Å². The minimum Gasteiger partial charge on any atom is -0.497 e. The quantitative estimate of drug-likeness (QED) is 0.716. The van der Waals surface area contributed by atoms with Gasteiger partial charge < -0.3 is 14.7 Å². The minimum absolute atomic E-state index is 0.439. The Morgan fingerprint density at radius 1 is 1.14 bits per heavy atom. The maximum absolute atomic E-state index is 11.4. The molecule has 29 heavy (non-hydrogen) atoms. The van der Waals surface area contributed by atoms with E-state index in [0.717, 1.165) is 16.9 Å². The van der Waals surface area contributed by atoms with Crippen molar-refractivity contribution in [2.24, 2.45) is 0 Å². The van der Waals surface area contributed by atoms with E-state index in [0.29, 0.717) is 38.3 Å². The molecule has 3 aromatic rings. The van der Waals surface area contributed by atoms with Gasteiger partial charge in [-0.3, -0.25) is 0 Å². The van der Waals surface area contributed by atoms with E-state index in [-0.39, 0.29) is 0 Å². The Morgan fingerprint density at radius 2 is 1.90 bits per heavy atom. The molecule has 2 heterocycles. The van der Waals surface area contributed by atoms with E-state index in [1.54, 1.807) is 11.9 Å². The molecule has 8 heteroatoms. The zero-order valence-electron chi connectivity index (χ0n) is 16.2. The molecule has 0 spiro atoms. The number of piperidine rings is 1. The average Bonchev–Trinajstić information content (AvgIpc) is 3.23. The van der Waals surface area contributed by atoms with Gasteiger partial charge in [-0.15, -0.1) is 10.2 Å². The van der Waals surface area contributed by atoms with Gasteiger partial charge in [0.2, 0.25) is 0 Å². The Labute approximate surface area is 168 Å². The van der Waals surface area contributed by atoms with Gasteiger partial charge in [0.25, 0.3) is 0 Å². The molecule has 0 aliphatic carbocycles. The summed E-state index contributed by atoms with van der Waals surface area (Å²) in [7, 11) is 1.64. The molecule has 2 aromatic carbocycles. The van der Waals surface area contributed by atoms with E-state index >= 15 is 0 Å². The maximum atomic E-state index is 11.4. The first-order valence-corrected chi connectivity index (χ1v) is 9.55. The number of carboxylic acid groups (broad SMARTS) is 1. The highest BCUT2D eigenvalue weighted by Gasteiger charge is 2.42. The molecule has 1 saturated heterocycles. The van der Waals surface area contributed by atoms with Crippen LogP contribution in [-0.4, -0.2) is 56.5 Å². The summed E-state index contributed by atoms with van der Waals surface area (Å²) in [6.45, 7) is 1.36. The van der Waals surface area contributed by atoms with Gasteiger partial charge in [-0.05, 0) is 41.3 Å². The van der Waals surface area contributed by atoms with Gasteiger partial charge in [0.1, 0.15) is 5.75 Å². The summed E-state index contributed by atoms with van der Waals surface area (Å²) in [4.78, 5) is 14.4. The number of tetrazole rings is 1. The molecule has 0 unspecified atom stereocenters. The summed E-state index contributed by atoms with van der Waals surface area (Å²) >= 11 is 0. The number of carbonyl (C=O) groups is 1. The summed E-state index contributed by atoms with van der Waals surface area (Å²) in [5, 5.41) is 22.7. The van der Waals surface area contributed by atoms with Crippen molar-refractivity contribution in [3.05, 3.63) is 71.5 Å². The summed E-state index contributed by atoms with van der Waals surface area (Å²) in [5.41, 5.74) is 1.66. The van der Waals surface area contributed by atoms with E-state index in [9.17, 15) is 9.90 Å². The van der Waals surface area contributed by atoms with Crippen LogP contribution in [0.2, 0.25) is 0 Å². The third-order valence-corrected chi connectivity index (χ3v) is 5.55. The van der Waals surface area contributed by atoms with Gasteiger partial charge in [-0.2, -0.15) is 4.80 Å². The van der Waals surface area contributed by atoms with Crippen molar-refractivity contribution in [1.82, 2.24) is 25.1 Å². The molecule has 0 bridgehead atoms. The van der Waals surface area contributed by atoms with E-state index < -0.39 is 11.5 Å². The highest BCUT2D eigenvalue weighted by molar-refractivity contribution is 5.65. The molecule has 8 nitrogen and oxygen atoms in total. The molecular weight excluding hydrogens is 370 g/mol. The third kappa shape index (κ3) is 3.78. The SMILES string of the molecule is COc1cccc(Cn2nnc(C3(c4ccccc4)CCN(C(=O)O)CC3)n2)c1. The Morgan fingerprint density at radius 3 is 2.59 bits per heavy atom. The lowest BCUT2D eigenvalue weighted by molar-refractivity contribution is 0.121. The minimum atomic E-state index is -0.888. The van der Waals surface area contributed by atoms with Crippen LogP contribution >= 0.6 is 0 Å². The fourth-order valence-corrected chi connectivity index (χ4v) is 3.91. The molecule has 4 rings (SSSR count). The average molecular weight is 393 g/mol. The number of rotatable bonds is 5. The van der Waals surface area contributed by atoms with E-state index in [4.69, 9.17) is 9.84 Å². The van der Waals surface area contributed by atoms with Gasteiger partial charge in [-0.25, -0.2) is 4.79 Å².